The zero-order valence-corrected chi connectivity index (χ0v) is 15.6. The molecule has 0 amide bonds. The maximum Gasteiger partial charge on any atom is 0.229 e. The van der Waals surface area contributed by atoms with Crippen molar-refractivity contribution in [1.29, 1.82) is 0 Å². The van der Waals surface area contributed by atoms with Gasteiger partial charge in [-0.1, -0.05) is 29.8 Å². The molecule has 0 radical (unpaired) electrons. The standard InChI is InChI=1S/C19H20ClN5O/c1-12-6-4-5-7-15(12)24-19-22-11-14(20)18(25-19)23-16-9-8-13(26-3)10-17(16)21-2/h4-11,21H,1-3H3,(H2,22,23,24,25). The first-order chi connectivity index (χ1) is 12.6. The van der Waals surface area contributed by atoms with Gasteiger partial charge in [0.05, 0.1) is 24.7 Å². The summed E-state index contributed by atoms with van der Waals surface area (Å²) < 4.78 is 5.25. The van der Waals surface area contributed by atoms with E-state index >= 15 is 0 Å². The molecule has 3 rings (SSSR count). The topological polar surface area (TPSA) is 71.1 Å². The van der Waals surface area contributed by atoms with Gasteiger partial charge in [-0.15, -0.1) is 0 Å². The molecule has 6 nitrogen and oxygen atoms in total. The molecular weight excluding hydrogens is 350 g/mol. The van der Waals surface area contributed by atoms with Gasteiger partial charge in [0.25, 0.3) is 0 Å². The van der Waals surface area contributed by atoms with Crippen LogP contribution in [0, 0.1) is 6.92 Å². The van der Waals surface area contributed by atoms with Crippen LogP contribution < -0.4 is 20.7 Å². The number of aryl methyl sites for hydroxylation is 1. The third-order valence-corrected chi connectivity index (χ3v) is 4.16. The minimum Gasteiger partial charge on any atom is -0.497 e. The summed E-state index contributed by atoms with van der Waals surface area (Å²) in [5.74, 6) is 1.74. The molecule has 26 heavy (non-hydrogen) atoms. The number of ether oxygens (including phenoxy) is 1. The maximum absolute atomic E-state index is 6.27. The van der Waals surface area contributed by atoms with E-state index in [1.54, 1.807) is 13.3 Å². The molecule has 1 heterocycles. The highest BCUT2D eigenvalue weighted by Gasteiger charge is 2.10. The molecular formula is C19H20ClN5O. The van der Waals surface area contributed by atoms with Gasteiger partial charge in [-0.2, -0.15) is 4.98 Å². The lowest BCUT2D eigenvalue weighted by molar-refractivity contribution is 0.415. The second-order valence-electron chi connectivity index (χ2n) is 5.62. The normalized spacial score (nSPS) is 10.3. The molecule has 0 unspecified atom stereocenters. The van der Waals surface area contributed by atoms with Crippen LogP contribution in [-0.2, 0) is 0 Å². The average Bonchev–Trinajstić information content (AvgIpc) is 2.66. The number of aromatic nitrogens is 2. The maximum atomic E-state index is 6.27. The molecule has 0 spiro atoms. The van der Waals surface area contributed by atoms with Gasteiger partial charge in [0.15, 0.2) is 5.82 Å². The van der Waals surface area contributed by atoms with Crippen LogP contribution in [0.4, 0.5) is 28.8 Å². The van der Waals surface area contributed by atoms with Crippen molar-refractivity contribution < 1.29 is 4.74 Å². The van der Waals surface area contributed by atoms with Gasteiger partial charge in [-0.3, -0.25) is 0 Å². The van der Waals surface area contributed by atoms with E-state index in [0.717, 1.165) is 28.4 Å². The molecule has 0 fully saturated rings. The number of anilines is 5. The number of rotatable bonds is 6. The molecule has 3 N–H and O–H groups in total. The average molecular weight is 370 g/mol. The van der Waals surface area contributed by atoms with Crippen LogP contribution in [-0.4, -0.2) is 24.1 Å². The molecule has 0 saturated carbocycles. The Kier molecular flexibility index (Phi) is 5.43. The highest BCUT2D eigenvalue weighted by Crippen LogP contribution is 2.31. The number of methoxy groups -OCH3 is 1. The van der Waals surface area contributed by atoms with Gasteiger partial charge >= 0.3 is 0 Å². The Balaban J connectivity index is 1.88. The predicted octanol–water partition coefficient (Wildman–Crippen LogP) is 4.98. The van der Waals surface area contributed by atoms with Crippen molar-refractivity contribution in [3.8, 4) is 5.75 Å². The summed E-state index contributed by atoms with van der Waals surface area (Å²) in [7, 11) is 3.47. The van der Waals surface area contributed by atoms with Crippen LogP contribution in [0.3, 0.4) is 0 Å². The third-order valence-electron chi connectivity index (χ3n) is 3.88. The second kappa shape index (κ2) is 7.93. The monoisotopic (exact) mass is 369 g/mol. The van der Waals surface area contributed by atoms with Crippen LogP contribution in [0.5, 0.6) is 5.75 Å². The summed E-state index contributed by atoms with van der Waals surface area (Å²) >= 11 is 6.27. The Hall–Kier alpha value is -2.99. The summed E-state index contributed by atoms with van der Waals surface area (Å²) in [4.78, 5) is 8.75. The third kappa shape index (κ3) is 3.97. The van der Waals surface area contributed by atoms with Gasteiger partial charge in [0.2, 0.25) is 5.95 Å². The van der Waals surface area contributed by atoms with E-state index in [4.69, 9.17) is 16.3 Å². The Morgan fingerprint density at radius 2 is 1.81 bits per heavy atom. The van der Waals surface area contributed by atoms with E-state index in [2.05, 4.69) is 25.9 Å². The van der Waals surface area contributed by atoms with E-state index in [-0.39, 0.29) is 0 Å². The molecule has 0 aliphatic heterocycles. The zero-order chi connectivity index (χ0) is 18.5. The van der Waals surface area contributed by atoms with E-state index in [1.165, 1.54) is 0 Å². The van der Waals surface area contributed by atoms with Gasteiger partial charge in [-0.25, -0.2) is 4.98 Å². The van der Waals surface area contributed by atoms with E-state index in [0.29, 0.717) is 16.8 Å². The number of benzene rings is 2. The van der Waals surface area contributed by atoms with E-state index in [9.17, 15) is 0 Å². The van der Waals surface area contributed by atoms with Crippen molar-refractivity contribution in [3.63, 3.8) is 0 Å². The SMILES string of the molecule is CNc1cc(OC)ccc1Nc1nc(Nc2ccccc2C)ncc1Cl. The van der Waals surface area contributed by atoms with Crippen LogP contribution in [0.1, 0.15) is 5.56 Å². The van der Waals surface area contributed by atoms with Crippen LogP contribution >= 0.6 is 11.6 Å². The number of para-hydroxylation sites is 1. The summed E-state index contributed by atoms with van der Waals surface area (Å²) in [6.07, 6.45) is 1.57. The molecule has 0 bridgehead atoms. The predicted molar refractivity (Wildman–Crippen MR) is 107 cm³/mol. The van der Waals surface area contributed by atoms with Crippen LogP contribution in [0.25, 0.3) is 0 Å². The molecule has 0 aliphatic carbocycles. The van der Waals surface area contributed by atoms with Gasteiger partial charge in [-0.05, 0) is 30.7 Å². The first-order valence-corrected chi connectivity index (χ1v) is 8.46. The molecule has 0 atom stereocenters. The van der Waals surface area contributed by atoms with Crippen molar-refractivity contribution in [2.75, 3.05) is 30.1 Å². The van der Waals surface area contributed by atoms with Crippen molar-refractivity contribution in [3.05, 3.63) is 59.2 Å². The van der Waals surface area contributed by atoms with Crippen molar-refractivity contribution >= 4 is 40.4 Å². The molecule has 2 aromatic carbocycles. The van der Waals surface area contributed by atoms with Gasteiger partial charge < -0.3 is 20.7 Å². The molecule has 0 saturated heterocycles. The summed E-state index contributed by atoms with van der Waals surface area (Å²) in [6.45, 7) is 2.02. The first kappa shape index (κ1) is 17.8. The first-order valence-electron chi connectivity index (χ1n) is 8.08. The van der Waals surface area contributed by atoms with Crippen molar-refractivity contribution in [2.45, 2.75) is 6.92 Å². The molecule has 0 aliphatic rings. The lowest BCUT2D eigenvalue weighted by Crippen LogP contribution is -2.04. The fraction of sp³-hybridized carbons (Fsp3) is 0.158. The lowest BCUT2D eigenvalue weighted by Gasteiger charge is -2.14. The number of nitrogens with one attached hydrogen (secondary N) is 3. The number of nitrogens with zero attached hydrogens (tertiary/aromatic N) is 2. The minimum atomic E-state index is 0.429. The lowest BCUT2D eigenvalue weighted by atomic mass is 10.2. The number of hydrogen-bond acceptors (Lipinski definition) is 6. The van der Waals surface area contributed by atoms with Crippen molar-refractivity contribution in [2.24, 2.45) is 0 Å². The Labute approximate surface area is 157 Å². The largest absolute Gasteiger partial charge is 0.497 e. The highest BCUT2D eigenvalue weighted by atomic mass is 35.5. The van der Waals surface area contributed by atoms with Gasteiger partial charge in [0, 0.05) is 18.8 Å². The Morgan fingerprint density at radius 3 is 2.54 bits per heavy atom. The molecule has 1 aromatic heterocycles. The van der Waals surface area contributed by atoms with E-state index in [1.807, 2.05) is 56.4 Å². The molecule has 134 valence electrons. The Morgan fingerprint density at radius 1 is 1.00 bits per heavy atom. The zero-order valence-electron chi connectivity index (χ0n) is 14.8. The summed E-state index contributed by atoms with van der Waals surface area (Å²) in [5, 5.41) is 10.0. The number of halogens is 1. The minimum absolute atomic E-state index is 0.429. The second-order valence-corrected chi connectivity index (χ2v) is 6.02. The van der Waals surface area contributed by atoms with Crippen molar-refractivity contribution in [1.82, 2.24) is 9.97 Å². The summed E-state index contributed by atoms with van der Waals surface area (Å²) in [6, 6.07) is 13.6. The fourth-order valence-electron chi connectivity index (χ4n) is 2.44. The molecule has 3 aromatic rings. The summed E-state index contributed by atoms with van der Waals surface area (Å²) in [5.41, 5.74) is 3.75. The number of hydrogen-bond donors (Lipinski definition) is 3. The fourth-order valence-corrected chi connectivity index (χ4v) is 2.58. The Bertz CT molecular complexity index is 916. The molecule has 7 heteroatoms. The van der Waals surface area contributed by atoms with Gasteiger partial charge in [0.1, 0.15) is 10.8 Å². The smallest absolute Gasteiger partial charge is 0.229 e. The quantitative estimate of drug-likeness (QED) is 0.569. The van der Waals surface area contributed by atoms with E-state index < -0.39 is 0 Å². The highest BCUT2D eigenvalue weighted by molar-refractivity contribution is 6.33. The van der Waals surface area contributed by atoms with Crippen LogP contribution in [0.2, 0.25) is 5.02 Å². The van der Waals surface area contributed by atoms with Crippen LogP contribution in [0.15, 0.2) is 48.7 Å².